The summed E-state index contributed by atoms with van der Waals surface area (Å²) < 4.78 is 12.0. The van der Waals surface area contributed by atoms with Gasteiger partial charge in [-0.05, 0) is 30.2 Å². The van der Waals surface area contributed by atoms with Crippen LogP contribution in [0.5, 0.6) is 0 Å². The number of nitrogens with zero attached hydrogens (tertiary/aromatic N) is 3. The Morgan fingerprint density at radius 3 is 2.76 bits per heavy atom. The van der Waals surface area contributed by atoms with E-state index < -0.39 is 13.5 Å². The molecule has 1 aliphatic carbocycles. The van der Waals surface area contributed by atoms with Gasteiger partial charge in [0.1, 0.15) is 18.3 Å². The number of hydrogen-bond donors (Lipinski definition) is 0. The number of fused-ring (bicyclic) bond motifs is 3. The van der Waals surface area contributed by atoms with Gasteiger partial charge in [-0.25, -0.2) is 9.97 Å². The number of benzene rings is 1. The highest BCUT2D eigenvalue weighted by molar-refractivity contribution is 6.76. The number of hydrogen-bond acceptors (Lipinski definition) is 5. The van der Waals surface area contributed by atoms with Gasteiger partial charge in [-0.15, -0.1) is 0 Å². The molecule has 1 aliphatic heterocycles. The first-order valence-electron chi connectivity index (χ1n) is 11.9. The predicted molar refractivity (Wildman–Crippen MR) is 136 cm³/mol. The molecular formula is C27H31N3O3Si. The van der Waals surface area contributed by atoms with E-state index in [2.05, 4.69) is 24.6 Å². The molecule has 34 heavy (non-hydrogen) atoms. The highest BCUT2D eigenvalue weighted by Crippen LogP contribution is 2.48. The third-order valence-electron chi connectivity index (χ3n) is 6.69. The van der Waals surface area contributed by atoms with Crippen LogP contribution in [-0.2, 0) is 27.8 Å². The van der Waals surface area contributed by atoms with Gasteiger partial charge in [0, 0.05) is 45.4 Å². The van der Waals surface area contributed by atoms with Crippen LogP contribution in [0, 0.1) is 0 Å². The molecule has 1 atom stereocenters. The lowest BCUT2D eigenvalue weighted by molar-refractivity contribution is -0.124. The first-order valence-corrected chi connectivity index (χ1v) is 15.6. The summed E-state index contributed by atoms with van der Waals surface area (Å²) in [5, 5.41) is 0. The smallest absolute Gasteiger partial charge is 0.241 e. The van der Waals surface area contributed by atoms with Crippen molar-refractivity contribution in [2.24, 2.45) is 0 Å². The van der Waals surface area contributed by atoms with Crippen molar-refractivity contribution < 1.29 is 13.9 Å². The van der Waals surface area contributed by atoms with Crippen LogP contribution >= 0.6 is 0 Å². The number of anilines is 1. The van der Waals surface area contributed by atoms with Crippen molar-refractivity contribution in [2.75, 3.05) is 18.2 Å². The molecule has 2 aliphatic rings. The summed E-state index contributed by atoms with van der Waals surface area (Å²) in [6.45, 7) is 7.88. The van der Waals surface area contributed by atoms with Crippen LogP contribution in [0.3, 0.4) is 0 Å². The zero-order valence-electron chi connectivity index (χ0n) is 20.1. The summed E-state index contributed by atoms with van der Waals surface area (Å²) in [7, 11) is -1.20. The van der Waals surface area contributed by atoms with E-state index in [9.17, 15) is 4.79 Å². The maximum absolute atomic E-state index is 13.8. The zero-order chi connectivity index (χ0) is 23.8. The van der Waals surface area contributed by atoms with Crippen LogP contribution in [-0.4, -0.2) is 37.3 Å². The molecule has 6 nitrogen and oxygen atoms in total. The van der Waals surface area contributed by atoms with E-state index in [4.69, 9.17) is 14.1 Å². The molecule has 0 saturated carbocycles. The monoisotopic (exact) mass is 473 g/mol. The Bertz CT molecular complexity index is 1220. The Kier molecular flexibility index (Phi) is 6.00. The molecule has 2 aromatic heterocycles. The minimum absolute atomic E-state index is 0.0595. The molecule has 1 aromatic carbocycles. The summed E-state index contributed by atoms with van der Waals surface area (Å²) in [5.41, 5.74) is 2.27. The number of aromatic nitrogens is 2. The van der Waals surface area contributed by atoms with Gasteiger partial charge < -0.3 is 9.15 Å². The van der Waals surface area contributed by atoms with E-state index in [1.165, 1.54) is 0 Å². The lowest BCUT2D eigenvalue weighted by Gasteiger charge is -2.31. The average molecular weight is 474 g/mol. The number of rotatable bonds is 7. The highest BCUT2D eigenvalue weighted by Gasteiger charge is 2.54. The van der Waals surface area contributed by atoms with Crippen molar-refractivity contribution in [1.29, 1.82) is 0 Å². The fourth-order valence-corrected chi connectivity index (χ4v) is 5.52. The van der Waals surface area contributed by atoms with Gasteiger partial charge in [0.25, 0.3) is 0 Å². The first kappa shape index (κ1) is 22.7. The Hall–Kier alpha value is -3.03. The van der Waals surface area contributed by atoms with Crippen LogP contribution < -0.4 is 4.90 Å². The van der Waals surface area contributed by atoms with Crippen LogP contribution in [0.4, 0.5) is 5.82 Å². The summed E-state index contributed by atoms with van der Waals surface area (Å²) in [5.74, 6) is 2.23. The van der Waals surface area contributed by atoms with Crippen LogP contribution in [0.1, 0.15) is 34.9 Å². The van der Waals surface area contributed by atoms with E-state index in [0.29, 0.717) is 31.8 Å². The molecule has 3 aromatic rings. The highest BCUT2D eigenvalue weighted by atomic mass is 28.3. The van der Waals surface area contributed by atoms with E-state index in [1.807, 2.05) is 54.6 Å². The molecule has 1 unspecified atom stereocenters. The molecule has 0 N–H and O–H groups in total. The number of ether oxygens (including phenoxy) is 1. The number of carbonyl (C=O) groups is 1. The average Bonchev–Trinajstić information content (AvgIpc) is 3.33. The number of pyridine rings is 1. The van der Waals surface area contributed by atoms with Gasteiger partial charge in [0.15, 0.2) is 0 Å². The molecular weight excluding hydrogens is 442 g/mol. The fraction of sp³-hybridized carbons (Fsp3) is 0.370. The van der Waals surface area contributed by atoms with Gasteiger partial charge in [-0.3, -0.25) is 9.69 Å². The van der Waals surface area contributed by atoms with E-state index in [-0.39, 0.29) is 12.6 Å². The molecule has 7 heteroatoms. The Balaban J connectivity index is 1.37. The van der Waals surface area contributed by atoms with Crippen molar-refractivity contribution in [3.63, 3.8) is 0 Å². The minimum Gasteiger partial charge on any atom is -0.441 e. The number of amides is 1. The summed E-state index contributed by atoms with van der Waals surface area (Å²) >= 11 is 0. The summed E-state index contributed by atoms with van der Waals surface area (Å²) in [4.78, 5) is 24.8. The molecule has 0 radical (unpaired) electrons. The second-order valence-electron chi connectivity index (χ2n) is 10.4. The molecule has 1 spiro atoms. The zero-order valence-corrected chi connectivity index (χ0v) is 21.1. The maximum Gasteiger partial charge on any atom is 0.241 e. The molecule has 0 bridgehead atoms. The topological polar surface area (TPSA) is 68.5 Å². The van der Waals surface area contributed by atoms with Gasteiger partial charge in [0.05, 0.1) is 11.1 Å². The van der Waals surface area contributed by atoms with Crippen molar-refractivity contribution >= 4 is 32.0 Å². The minimum atomic E-state index is -1.20. The lowest BCUT2D eigenvalue weighted by atomic mass is 9.71. The second kappa shape index (κ2) is 8.96. The van der Waals surface area contributed by atoms with Gasteiger partial charge in [-0.2, -0.15) is 0 Å². The van der Waals surface area contributed by atoms with Gasteiger partial charge in [0.2, 0.25) is 11.8 Å². The quantitative estimate of drug-likeness (QED) is 0.343. The van der Waals surface area contributed by atoms with Crippen molar-refractivity contribution in [3.05, 3.63) is 77.1 Å². The van der Waals surface area contributed by atoms with Crippen LogP contribution in [0.2, 0.25) is 25.7 Å². The maximum atomic E-state index is 13.8. The third kappa shape index (κ3) is 4.37. The normalized spacial score (nSPS) is 19.7. The molecule has 3 heterocycles. The Morgan fingerprint density at radius 1 is 1.15 bits per heavy atom. The van der Waals surface area contributed by atoms with Crippen LogP contribution in [0.15, 0.2) is 53.1 Å². The van der Waals surface area contributed by atoms with Gasteiger partial charge >= 0.3 is 0 Å². The third-order valence-corrected chi connectivity index (χ3v) is 8.39. The molecule has 0 saturated heterocycles. The predicted octanol–water partition coefficient (Wildman–Crippen LogP) is 5.33. The summed E-state index contributed by atoms with van der Waals surface area (Å²) in [6.07, 6.45) is 7.51. The number of aryl methyl sites for hydroxylation is 1. The van der Waals surface area contributed by atoms with Crippen LogP contribution in [0.25, 0.3) is 12.2 Å². The van der Waals surface area contributed by atoms with E-state index >= 15 is 0 Å². The molecule has 176 valence electrons. The largest absolute Gasteiger partial charge is 0.441 e. The van der Waals surface area contributed by atoms with Crippen molar-refractivity contribution in [1.82, 2.24) is 9.97 Å². The molecule has 1 amide bonds. The van der Waals surface area contributed by atoms with Crippen molar-refractivity contribution in [2.45, 2.75) is 50.4 Å². The fourth-order valence-electron chi connectivity index (χ4n) is 4.76. The molecule has 5 rings (SSSR count). The lowest BCUT2D eigenvalue weighted by Crippen LogP contribution is -2.45. The van der Waals surface area contributed by atoms with Gasteiger partial charge in [-0.1, -0.05) is 56.0 Å². The molecule has 0 fully saturated rings. The van der Waals surface area contributed by atoms with Crippen molar-refractivity contribution in [3.8, 4) is 0 Å². The second-order valence-corrected chi connectivity index (χ2v) is 16.0. The number of carbonyl (C=O) groups excluding carboxylic acids is 1. The Morgan fingerprint density at radius 2 is 1.97 bits per heavy atom. The Labute approximate surface area is 201 Å². The SMILES string of the molecule is C[Si](C)(C)CCOCN1C(=O)C2(CCc3oc(/C=C/c4ccccc4)nc3C2)c2cccnc21. The summed E-state index contributed by atoms with van der Waals surface area (Å²) in [6, 6.07) is 15.1. The standard InChI is InChI=1S/C27H31N3O3Si/c1-34(2,3)17-16-32-19-30-25-21(10-7-15-28-25)27(26(30)31)14-13-23-22(18-27)29-24(33-23)12-11-20-8-5-4-6-9-20/h4-12,15H,13-14,16-19H2,1-3H3/b12-11+. The van der Waals surface area contributed by atoms with E-state index in [1.54, 1.807) is 11.1 Å². The van der Waals surface area contributed by atoms with E-state index in [0.717, 1.165) is 34.4 Å². The number of oxazole rings is 1. The first-order chi connectivity index (χ1) is 16.4.